The van der Waals surface area contributed by atoms with Crippen molar-refractivity contribution in [3.63, 3.8) is 0 Å². The van der Waals surface area contributed by atoms with Crippen LogP contribution in [0.2, 0.25) is 10.0 Å². The molecule has 3 aromatic rings. The van der Waals surface area contributed by atoms with Crippen LogP contribution in [0.3, 0.4) is 0 Å². The average Bonchev–Trinajstić information content (AvgIpc) is 3.26. The molecule has 1 aliphatic heterocycles. The van der Waals surface area contributed by atoms with Crippen molar-refractivity contribution in [1.82, 2.24) is 9.80 Å². The molecule has 2 heterocycles. The number of fused-ring (bicyclic) bond motifs is 1. The molecule has 0 aliphatic carbocycles. The van der Waals surface area contributed by atoms with Crippen molar-refractivity contribution in [2.75, 3.05) is 19.6 Å². The summed E-state index contributed by atoms with van der Waals surface area (Å²) in [6.45, 7) is 5.14. The highest BCUT2D eigenvalue weighted by Crippen LogP contribution is 2.41. The third-order valence-electron chi connectivity index (χ3n) is 5.81. The summed E-state index contributed by atoms with van der Waals surface area (Å²) in [6, 6.07) is 14.4. The Morgan fingerprint density at radius 3 is 2.65 bits per heavy atom. The fraction of sp³-hybridized carbons (Fsp3) is 0.308. The van der Waals surface area contributed by atoms with Crippen molar-refractivity contribution in [2.45, 2.75) is 26.3 Å². The number of nitrogens with zero attached hydrogens (tertiary/aromatic N) is 2. The smallest absolute Gasteiger partial charge is 0.254 e. The van der Waals surface area contributed by atoms with Gasteiger partial charge in [0.25, 0.3) is 5.91 Å². The Morgan fingerprint density at radius 1 is 1.15 bits per heavy atom. The lowest BCUT2D eigenvalue weighted by Crippen LogP contribution is -2.47. The van der Waals surface area contributed by atoms with Gasteiger partial charge in [-0.15, -0.1) is 11.3 Å². The lowest BCUT2D eigenvalue weighted by Gasteiger charge is -2.38. The van der Waals surface area contributed by atoms with Crippen molar-refractivity contribution in [2.24, 2.45) is 5.92 Å². The van der Waals surface area contributed by atoms with Crippen LogP contribution in [0.25, 0.3) is 0 Å². The Hall–Kier alpha value is -1.86. The molecule has 2 amide bonds. The maximum Gasteiger partial charge on any atom is 0.254 e. The minimum Gasteiger partial charge on any atom is -0.330 e. The van der Waals surface area contributed by atoms with Crippen LogP contribution < -0.4 is 0 Å². The lowest BCUT2D eigenvalue weighted by molar-refractivity contribution is -0.134. The number of thiophene rings is 1. The van der Waals surface area contributed by atoms with Crippen molar-refractivity contribution >= 4 is 62.3 Å². The van der Waals surface area contributed by atoms with Crippen molar-refractivity contribution in [3.05, 3.63) is 90.0 Å². The standard InChI is InChI=1S/C26H25BrCl2N2O2S/c1-16(2)14-30(26(33)17-4-3-5-18(27)12-17)15-24(32)31-10-8-23-21(9-11-34-23)25(31)20-7-6-19(28)13-22(20)29/h3-7,9,11-13,16,25H,8,10,14-15H2,1-2H3. The lowest BCUT2D eigenvalue weighted by atomic mass is 9.93. The number of hydrogen-bond acceptors (Lipinski definition) is 3. The number of amides is 2. The zero-order valence-corrected chi connectivity index (χ0v) is 22.8. The van der Waals surface area contributed by atoms with Crippen molar-refractivity contribution < 1.29 is 9.59 Å². The number of halogens is 3. The summed E-state index contributed by atoms with van der Waals surface area (Å²) < 4.78 is 0.827. The van der Waals surface area contributed by atoms with Crippen molar-refractivity contribution in [1.29, 1.82) is 0 Å². The van der Waals surface area contributed by atoms with Crippen LogP contribution in [-0.4, -0.2) is 41.2 Å². The van der Waals surface area contributed by atoms with Crippen molar-refractivity contribution in [3.8, 4) is 0 Å². The van der Waals surface area contributed by atoms with Crippen LogP contribution in [0.4, 0.5) is 0 Å². The summed E-state index contributed by atoms with van der Waals surface area (Å²) >= 11 is 17.9. The molecule has 0 spiro atoms. The predicted molar refractivity (Wildman–Crippen MR) is 143 cm³/mol. The summed E-state index contributed by atoms with van der Waals surface area (Å²) in [5.74, 6) is -0.0373. The van der Waals surface area contributed by atoms with Gasteiger partial charge < -0.3 is 9.80 Å². The Bertz CT molecular complexity index is 1210. The molecule has 0 fully saturated rings. The molecule has 2 aromatic carbocycles. The number of rotatable bonds is 6. The van der Waals surface area contributed by atoms with Gasteiger partial charge in [-0.3, -0.25) is 9.59 Å². The third-order valence-corrected chi connectivity index (χ3v) is 7.87. The van der Waals surface area contributed by atoms with Crippen LogP contribution in [0.1, 0.15) is 46.3 Å². The van der Waals surface area contributed by atoms with E-state index >= 15 is 0 Å². The quantitative estimate of drug-likeness (QED) is 0.313. The van der Waals surface area contributed by atoms with Gasteiger partial charge in [0.1, 0.15) is 6.54 Å². The molecular formula is C26H25BrCl2N2O2S. The summed E-state index contributed by atoms with van der Waals surface area (Å²) in [5, 5.41) is 3.13. The second-order valence-corrected chi connectivity index (χ2v) is 11.6. The molecule has 1 aromatic heterocycles. The highest BCUT2D eigenvalue weighted by Gasteiger charge is 2.35. The van der Waals surface area contributed by atoms with Gasteiger partial charge in [0.15, 0.2) is 0 Å². The van der Waals surface area contributed by atoms with Gasteiger partial charge in [0, 0.05) is 38.0 Å². The number of hydrogen-bond donors (Lipinski definition) is 0. The zero-order valence-electron chi connectivity index (χ0n) is 18.9. The summed E-state index contributed by atoms with van der Waals surface area (Å²) in [5.41, 5.74) is 2.48. The minimum atomic E-state index is -0.311. The predicted octanol–water partition coefficient (Wildman–Crippen LogP) is 7.09. The molecule has 34 heavy (non-hydrogen) atoms. The Kier molecular flexibility index (Phi) is 8.03. The fourth-order valence-corrected chi connectivity index (χ4v) is 6.18. The van der Waals surface area contributed by atoms with Gasteiger partial charge in [-0.2, -0.15) is 0 Å². The Balaban J connectivity index is 1.65. The molecular weight excluding hydrogens is 555 g/mol. The van der Waals surface area contributed by atoms with Gasteiger partial charge in [-0.05, 0) is 65.2 Å². The minimum absolute atomic E-state index is 0.00467. The number of carbonyl (C=O) groups is 2. The molecule has 1 aliphatic rings. The summed E-state index contributed by atoms with van der Waals surface area (Å²) in [4.78, 5) is 31.9. The van der Waals surface area contributed by atoms with E-state index in [2.05, 4.69) is 27.4 Å². The molecule has 1 unspecified atom stereocenters. The second kappa shape index (κ2) is 10.8. The third kappa shape index (κ3) is 5.51. The molecule has 0 N–H and O–H groups in total. The average molecular weight is 580 g/mol. The highest BCUT2D eigenvalue weighted by molar-refractivity contribution is 9.10. The first-order chi connectivity index (χ1) is 16.2. The zero-order chi connectivity index (χ0) is 24.4. The molecule has 1 atom stereocenters. The molecule has 0 saturated carbocycles. The van der Waals surface area contributed by atoms with Crippen LogP contribution in [0.15, 0.2) is 58.4 Å². The number of benzene rings is 2. The molecule has 8 heteroatoms. The van der Waals surface area contributed by atoms with E-state index in [1.54, 1.807) is 40.5 Å². The van der Waals surface area contributed by atoms with Gasteiger partial charge in [0.05, 0.1) is 6.04 Å². The fourth-order valence-electron chi connectivity index (χ4n) is 4.36. The normalized spacial score (nSPS) is 15.4. The first-order valence-electron chi connectivity index (χ1n) is 11.1. The van der Waals surface area contributed by atoms with E-state index in [0.717, 1.165) is 22.0 Å². The van der Waals surface area contributed by atoms with Crippen LogP contribution in [0, 0.1) is 5.92 Å². The summed E-state index contributed by atoms with van der Waals surface area (Å²) in [7, 11) is 0. The van der Waals surface area contributed by atoms with E-state index in [1.807, 2.05) is 36.9 Å². The molecule has 0 radical (unpaired) electrons. The first-order valence-corrected chi connectivity index (χ1v) is 13.5. The first kappa shape index (κ1) is 25.2. The molecule has 0 bridgehead atoms. The monoisotopic (exact) mass is 578 g/mol. The summed E-state index contributed by atoms with van der Waals surface area (Å²) in [6.07, 6.45) is 0.782. The van der Waals surface area contributed by atoms with Gasteiger partial charge in [-0.1, -0.05) is 65.1 Å². The molecule has 4 rings (SSSR count). The maximum atomic E-state index is 13.7. The second-order valence-electron chi connectivity index (χ2n) is 8.79. The molecule has 178 valence electrons. The van der Waals surface area contributed by atoms with E-state index in [0.29, 0.717) is 28.7 Å². The topological polar surface area (TPSA) is 40.6 Å². The van der Waals surface area contributed by atoms with Crippen LogP contribution >= 0.6 is 50.5 Å². The van der Waals surface area contributed by atoms with Crippen LogP contribution in [0.5, 0.6) is 0 Å². The van der Waals surface area contributed by atoms with Gasteiger partial charge >= 0.3 is 0 Å². The SMILES string of the molecule is CC(C)CN(CC(=O)N1CCc2sccc2C1c1ccc(Cl)cc1Cl)C(=O)c1cccc(Br)c1. The highest BCUT2D eigenvalue weighted by atomic mass is 79.9. The van der Waals surface area contributed by atoms with E-state index < -0.39 is 0 Å². The van der Waals surface area contributed by atoms with E-state index in [1.165, 1.54) is 4.88 Å². The van der Waals surface area contributed by atoms with Gasteiger partial charge in [-0.25, -0.2) is 0 Å². The van der Waals surface area contributed by atoms with E-state index in [4.69, 9.17) is 23.2 Å². The molecule has 4 nitrogen and oxygen atoms in total. The molecule has 0 saturated heterocycles. The maximum absolute atomic E-state index is 13.7. The Labute approximate surface area is 222 Å². The van der Waals surface area contributed by atoms with E-state index in [9.17, 15) is 9.59 Å². The Morgan fingerprint density at radius 2 is 1.94 bits per heavy atom. The van der Waals surface area contributed by atoms with Gasteiger partial charge in [0.2, 0.25) is 5.91 Å². The number of carbonyl (C=O) groups excluding carboxylic acids is 2. The largest absolute Gasteiger partial charge is 0.330 e. The van der Waals surface area contributed by atoms with E-state index in [-0.39, 0.29) is 30.3 Å². The van der Waals surface area contributed by atoms with Crippen LogP contribution in [-0.2, 0) is 11.2 Å².